The molecule has 0 saturated carbocycles. The Morgan fingerprint density at radius 2 is 1.86 bits per heavy atom. The number of rotatable bonds is 5. The van der Waals surface area contributed by atoms with Gasteiger partial charge in [0.25, 0.3) is 0 Å². The molecule has 6 heteroatoms. The molecule has 0 amide bonds. The van der Waals surface area contributed by atoms with E-state index in [-0.39, 0.29) is 11.8 Å². The summed E-state index contributed by atoms with van der Waals surface area (Å²) in [5.41, 5.74) is 5.93. The van der Waals surface area contributed by atoms with Crippen molar-refractivity contribution < 1.29 is 8.42 Å². The summed E-state index contributed by atoms with van der Waals surface area (Å²) >= 11 is 3.32. The SMILES string of the molecule is CC(N)C1CCN(CCS(=O)(=O)c2ccc(Br)cc2)CC1. The molecule has 0 bridgehead atoms. The third-order valence-electron chi connectivity index (χ3n) is 4.22. The molecule has 0 aliphatic carbocycles. The van der Waals surface area contributed by atoms with Crippen LogP contribution in [0, 0.1) is 5.92 Å². The molecule has 118 valence electrons. The minimum absolute atomic E-state index is 0.178. The van der Waals surface area contributed by atoms with Crippen LogP contribution in [0.1, 0.15) is 19.8 Å². The van der Waals surface area contributed by atoms with Crippen molar-refractivity contribution in [3.8, 4) is 0 Å². The first-order valence-corrected chi connectivity index (χ1v) is 9.79. The van der Waals surface area contributed by atoms with Crippen LogP contribution in [0.2, 0.25) is 0 Å². The quantitative estimate of drug-likeness (QED) is 0.858. The third kappa shape index (κ3) is 4.77. The van der Waals surface area contributed by atoms with Crippen molar-refractivity contribution in [3.05, 3.63) is 28.7 Å². The average Bonchev–Trinajstić information content (AvgIpc) is 2.46. The van der Waals surface area contributed by atoms with Crippen LogP contribution >= 0.6 is 15.9 Å². The van der Waals surface area contributed by atoms with Gasteiger partial charge in [0, 0.05) is 17.1 Å². The fourth-order valence-corrected chi connectivity index (χ4v) is 4.26. The maximum absolute atomic E-state index is 12.3. The molecule has 1 saturated heterocycles. The lowest BCUT2D eigenvalue weighted by molar-refractivity contribution is 0.180. The van der Waals surface area contributed by atoms with Crippen LogP contribution in [-0.4, -0.2) is 44.7 Å². The number of likely N-dealkylation sites (tertiary alicyclic amines) is 1. The van der Waals surface area contributed by atoms with Crippen LogP contribution in [0.25, 0.3) is 0 Å². The Balaban J connectivity index is 1.87. The van der Waals surface area contributed by atoms with Gasteiger partial charge in [-0.1, -0.05) is 15.9 Å². The van der Waals surface area contributed by atoms with Gasteiger partial charge in [0.1, 0.15) is 0 Å². The summed E-state index contributed by atoms with van der Waals surface area (Å²) in [6, 6.07) is 7.07. The fraction of sp³-hybridized carbons (Fsp3) is 0.600. The van der Waals surface area contributed by atoms with E-state index < -0.39 is 9.84 Å². The number of halogens is 1. The molecule has 0 spiro atoms. The summed E-state index contributed by atoms with van der Waals surface area (Å²) in [6.45, 7) is 4.55. The molecule has 0 aromatic heterocycles. The highest BCUT2D eigenvalue weighted by atomic mass is 79.9. The van der Waals surface area contributed by atoms with E-state index in [9.17, 15) is 8.42 Å². The summed E-state index contributed by atoms with van der Waals surface area (Å²) in [6.07, 6.45) is 2.13. The Bertz CT molecular complexity index is 550. The molecule has 1 fully saturated rings. The van der Waals surface area contributed by atoms with Gasteiger partial charge >= 0.3 is 0 Å². The number of hydrogen-bond acceptors (Lipinski definition) is 4. The lowest BCUT2D eigenvalue weighted by atomic mass is 9.91. The van der Waals surface area contributed by atoms with Gasteiger partial charge in [0.15, 0.2) is 9.84 Å². The zero-order valence-corrected chi connectivity index (χ0v) is 14.7. The summed E-state index contributed by atoms with van der Waals surface area (Å²) in [5, 5.41) is 0. The van der Waals surface area contributed by atoms with E-state index in [1.807, 2.05) is 0 Å². The van der Waals surface area contributed by atoms with Gasteiger partial charge in [0.05, 0.1) is 10.6 Å². The van der Waals surface area contributed by atoms with Crippen molar-refractivity contribution >= 4 is 25.8 Å². The molecule has 0 radical (unpaired) electrons. The number of nitrogens with zero attached hydrogens (tertiary/aromatic N) is 1. The van der Waals surface area contributed by atoms with Crippen LogP contribution in [0.15, 0.2) is 33.6 Å². The highest BCUT2D eigenvalue weighted by Crippen LogP contribution is 2.20. The molecule has 4 nitrogen and oxygen atoms in total. The van der Waals surface area contributed by atoms with E-state index in [1.54, 1.807) is 24.3 Å². The molecule has 2 N–H and O–H groups in total. The standard InChI is InChI=1S/C15H23BrN2O2S/c1-12(17)13-6-8-18(9-7-13)10-11-21(19,20)15-4-2-14(16)3-5-15/h2-5,12-13H,6-11,17H2,1H3. The van der Waals surface area contributed by atoms with Crippen LogP contribution in [0.4, 0.5) is 0 Å². The van der Waals surface area contributed by atoms with E-state index in [4.69, 9.17) is 5.73 Å². The second-order valence-electron chi connectivity index (χ2n) is 5.81. The highest BCUT2D eigenvalue weighted by molar-refractivity contribution is 9.10. The van der Waals surface area contributed by atoms with Crippen molar-refractivity contribution in [1.29, 1.82) is 0 Å². The van der Waals surface area contributed by atoms with Gasteiger partial charge in [-0.3, -0.25) is 0 Å². The smallest absolute Gasteiger partial charge is 0.179 e. The molecule has 1 unspecified atom stereocenters. The Kier molecular flexibility index (Phi) is 5.82. The van der Waals surface area contributed by atoms with Gasteiger partial charge in [0.2, 0.25) is 0 Å². The number of nitrogens with two attached hydrogens (primary N) is 1. The monoisotopic (exact) mass is 374 g/mol. The topological polar surface area (TPSA) is 63.4 Å². The second kappa shape index (κ2) is 7.22. The zero-order chi connectivity index (χ0) is 15.5. The summed E-state index contributed by atoms with van der Waals surface area (Å²) in [4.78, 5) is 2.63. The molecule has 1 heterocycles. The average molecular weight is 375 g/mol. The Morgan fingerprint density at radius 3 is 2.38 bits per heavy atom. The normalized spacial score (nSPS) is 19.6. The van der Waals surface area contributed by atoms with Gasteiger partial charge in [-0.15, -0.1) is 0 Å². The molecule has 1 aromatic carbocycles. The maximum Gasteiger partial charge on any atom is 0.179 e. The first kappa shape index (κ1) is 16.9. The predicted molar refractivity (Wildman–Crippen MR) is 89.0 cm³/mol. The third-order valence-corrected chi connectivity index (χ3v) is 6.46. The van der Waals surface area contributed by atoms with E-state index in [0.29, 0.717) is 17.4 Å². The first-order valence-electron chi connectivity index (χ1n) is 7.35. The Hall–Kier alpha value is -0.430. The molecule has 2 rings (SSSR count). The van der Waals surface area contributed by atoms with Crippen LogP contribution < -0.4 is 5.73 Å². The predicted octanol–water partition coefficient (Wildman–Crippen LogP) is 2.28. The van der Waals surface area contributed by atoms with Gasteiger partial charge in [-0.2, -0.15) is 0 Å². The number of piperidine rings is 1. The van der Waals surface area contributed by atoms with Crippen LogP contribution in [0.5, 0.6) is 0 Å². The largest absolute Gasteiger partial charge is 0.328 e. The van der Waals surface area contributed by atoms with Crippen molar-refractivity contribution in [2.24, 2.45) is 11.7 Å². The molecular weight excluding hydrogens is 352 g/mol. The molecule has 1 aliphatic heterocycles. The minimum atomic E-state index is -3.19. The molecule has 1 aliphatic rings. The molecular formula is C15H23BrN2O2S. The summed E-state index contributed by atoms with van der Waals surface area (Å²) in [7, 11) is -3.19. The Labute approximate surface area is 135 Å². The molecule has 1 atom stereocenters. The van der Waals surface area contributed by atoms with Gasteiger partial charge in [-0.25, -0.2) is 8.42 Å². The fourth-order valence-electron chi connectivity index (χ4n) is 2.71. The number of sulfone groups is 1. The van der Waals surface area contributed by atoms with Crippen molar-refractivity contribution in [2.75, 3.05) is 25.4 Å². The van der Waals surface area contributed by atoms with E-state index in [1.165, 1.54) is 0 Å². The summed E-state index contributed by atoms with van der Waals surface area (Å²) < 4.78 is 25.5. The van der Waals surface area contributed by atoms with Crippen molar-refractivity contribution in [1.82, 2.24) is 4.90 Å². The first-order chi connectivity index (χ1) is 9.88. The van der Waals surface area contributed by atoms with Gasteiger partial charge in [-0.05, 0) is 63.0 Å². The van der Waals surface area contributed by atoms with Crippen molar-refractivity contribution in [3.63, 3.8) is 0 Å². The molecule has 21 heavy (non-hydrogen) atoms. The van der Waals surface area contributed by atoms with Crippen molar-refractivity contribution in [2.45, 2.75) is 30.7 Å². The summed E-state index contributed by atoms with van der Waals surface area (Å²) in [5.74, 6) is 0.752. The lowest BCUT2D eigenvalue weighted by Gasteiger charge is -2.33. The van der Waals surface area contributed by atoms with E-state index in [2.05, 4.69) is 27.8 Å². The van der Waals surface area contributed by atoms with Gasteiger partial charge < -0.3 is 10.6 Å². The number of benzene rings is 1. The van der Waals surface area contributed by atoms with Crippen LogP contribution in [-0.2, 0) is 9.84 Å². The number of hydrogen-bond donors (Lipinski definition) is 1. The van der Waals surface area contributed by atoms with Crippen LogP contribution in [0.3, 0.4) is 0 Å². The lowest BCUT2D eigenvalue weighted by Crippen LogP contribution is -2.41. The zero-order valence-electron chi connectivity index (χ0n) is 12.3. The second-order valence-corrected chi connectivity index (χ2v) is 8.84. The van der Waals surface area contributed by atoms with E-state index in [0.717, 1.165) is 30.4 Å². The maximum atomic E-state index is 12.3. The Morgan fingerprint density at radius 1 is 1.29 bits per heavy atom. The minimum Gasteiger partial charge on any atom is -0.328 e. The molecule has 1 aromatic rings. The van der Waals surface area contributed by atoms with E-state index >= 15 is 0 Å². The highest BCUT2D eigenvalue weighted by Gasteiger charge is 2.23.